The fraction of sp³-hybridized carbons (Fsp3) is 0.214. The summed E-state index contributed by atoms with van der Waals surface area (Å²) in [5, 5.41) is 22.5. The summed E-state index contributed by atoms with van der Waals surface area (Å²) >= 11 is 0. The lowest BCUT2D eigenvalue weighted by Gasteiger charge is -2.14. The average molecular weight is 344 g/mol. The second kappa shape index (κ2) is 6.71. The van der Waals surface area contributed by atoms with Gasteiger partial charge in [0.2, 0.25) is 0 Å². The van der Waals surface area contributed by atoms with Crippen LogP contribution in [-0.2, 0) is 6.18 Å². The summed E-state index contributed by atoms with van der Waals surface area (Å²) in [5.74, 6) is -1.81. The van der Waals surface area contributed by atoms with Crippen molar-refractivity contribution >= 4 is 11.8 Å². The van der Waals surface area contributed by atoms with Gasteiger partial charge in [-0.15, -0.1) is 0 Å². The van der Waals surface area contributed by atoms with E-state index in [1.54, 1.807) is 0 Å². The number of alkyl halides is 3. The minimum Gasteiger partial charge on any atom is -0.395 e. The van der Waals surface area contributed by atoms with Gasteiger partial charge in [-0.05, 0) is 23.8 Å². The molecule has 1 aromatic carbocycles. The summed E-state index contributed by atoms with van der Waals surface area (Å²) in [6.07, 6.45) is -5.94. The van der Waals surface area contributed by atoms with Crippen LogP contribution in [0.15, 0.2) is 40.8 Å². The molecule has 0 saturated heterocycles. The summed E-state index contributed by atoms with van der Waals surface area (Å²) in [6, 6.07) is 6.11. The van der Waals surface area contributed by atoms with Gasteiger partial charge in [0.25, 0.3) is 5.91 Å². The van der Waals surface area contributed by atoms with Crippen molar-refractivity contribution in [1.29, 1.82) is 0 Å². The highest BCUT2D eigenvalue weighted by atomic mass is 19.4. The maximum absolute atomic E-state index is 12.6. The minimum absolute atomic E-state index is 0.0319. The number of nitrogens with one attached hydrogen (secondary N) is 1. The van der Waals surface area contributed by atoms with Gasteiger partial charge in [0, 0.05) is 6.54 Å². The zero-order valence-electron chi connectivity index (χ0n) is 11.9. The van der Waals surface area contributed by atoms with Gasteiger partial charge in [-0.1, -0.05) is 12.1 Å². The van der Waals surface area contributed by atoms with Crippen LogP contribution in [0.5, 0.6) is 0 Å². The molecule has 10 heteroatoms. The van der Waals surface area contributed by atoms with E-state index in [1.165, 1.54) is 6.07 Å². The Morgan fingerprint density at radius 3 is 2.62 bits per heavy atom. The highest BCUT2D eigenvalue weighted by Gasteiger charge is 2.31. The maximum Gasteiger partial charge on any atom is 0.433 e. The molecule has 0 aliphatic heterocycles. The van der Waals surface area contributed by atoms with Crippen molar-refractivity contribution in [2.45, 2.75) is 12.3 Å². The Kier molecular flexibility index (Phi) is 4.88. The van der Waals surface area contributed by atoms with Crippen LogP contribution in [0.1, 0.15) is 27.8 Å². The Morgan fingerprint density at radius 1 is 1.33 bits per heavy atom. The molecular formula is C14H11F3N2O5. The highest BCUT2D eigenvalue weighted by Crippen LogP contribution is 2.30. The number of benzene rings is 1. The van der Waals surface area contributed by atoms with Gasteiger partial charge in [0.15, 0.2) is 5.76 Å². The number of carbonyl (C=O) groups excluding carboxylic acids is 1. The fourth-order valence-corrected chi connectivity index (χ4v) is 1.86. The standard InChI is InChI=1S/C14H11F3N2O5/c15-14(16,17)9-3-1-2-8(6-9)10(20)7-18-13(21)11-4-5-12(24-11)19(22)23/h1-6,10,20H,7H2,(H,18,21). The highest BCUT2D eigenvalue weighted by molar-refractivity contribution is 5.91. The van der Waals surface area contributed by atoms with Gasteiger partial charge in [-0.3, -0.25) is 14.9 Å². The first-order chi connectivity index (χ1) is 11.2. The topological polar surface area (TPSA) is 106 Å². The number of halogens is 3. The number of aliphatic hydroxyl groups is 1. The smallest absolute Gasteiger partial charge is 0.395 e. The van der Waals surface area contributed by atoms with Crippen molar-refractivity contribution in [2.24, 2.45) is 0 Å². The third-order valence-electron chi connectivity index (χ3n) is 3.05. The number of aliphatic hydroxyl groups excluding tert-OH is 1. The van der Waals surface area contributed by atoms with Gasteiger partial charge < -0.3 is 14.8 Å². The lowest BCUT2D eigenvalue weighted by atomic mass is 10.1. The predicted octanol–water partition coefficient (Wildman–Crippen LogP) is 2.67. The summed E-state index contributed by atoms with van der Waals surface area (Å²) in [6.45, 7) is -0.394. The van der Waals surface area contributed by atoms with Gasteiger partial charge in [-0.25, -0.2) is 0 Å². The molecule has 1 aromatic heterocycles. The van der Waals surface area contributed by atoms with E-state index in [0.717, 1.165) is 30.3 Å². The number of amides is 1. The van der Waals surface area contributed by atoms with Crippen molar-refractivity contribution in [3.8, 4) is 0 Å². The van der Waals surface area contributed by atoms with Crippen molar-refractivity contribution in [1.82, 2.24) is 5.32 Å². The Labute approximate surface area is 132 Å². The number of rotatable bonds is 5. The molecule has 2 aromatic rings. The molecule has 0 aliphatic carbocycles. The van der Waals surface area contributed by atoms with E-state index in [2.05, 4.69) is 9.73 Å². The van der Waals surface area contributed by atoms with Crippen LogP contribution in [-0.4, -0.2) is 22.5 Å². The van der Waals surface area contributed by atoms with E-state index in [1.807, 2.05) is 0 Å². The van der Waals surface area contributed by atoms with Crippen molar-refractivity contribution in [2.75, 3.05) is 6.54 Å². The molecule has 0 spiro atoms. The molecule has 0 bridgehead atoms. The molecule has 1 amide bonds. The largest absolute Gasteiger partial charge is 0.433 e. The van der Waals surface area contributed by atoms with E-state index in [0.29, 0.717) is 0 Å². The molecule has 0 aliphatic rings. The quantitative estimate of drug-likeness (QED) is 0.641. The zero-order valence-corrected chi connectivity index (χ0v) is 11.9. The van der Waals surface area contributed by atoms with Crippen molar-refractivity contribution in [3.05, 3.63) is 63.4 Å². The molecule has 128 valence electrons. The molecule has 24 heavy (non-hydrogen) atoms. The SMILES string of the molecule is O=C(NCC(O)c1cccc(C(F)(F)F)c1)c1ccc([N+](=O)[O-])o1. The molecule has 1 unspecified atom stereocenters. The number of hydrogen-bond acceptors (Lipinski definition) is 5. The van der Waals surface area contributed by atoms with E-state index in [-0.39, 0.29) is 11.3 Å². The Hall–Kier alpha value is -2.88. The average Bonchev–Trinajstić information content (AvgIpc) is 3.02. The maximum atomic E-state index is 12.6. The van der Waals surface area contributed by atoms with E-state index in [9.17, 15) is 33.2 Å². The molecule has 7 nitrogen and oxygen atoms in total. The van der Waals surface area contributed by atoms with Crippen molar-refractivity contribution < 1.29 is 32.4 Å². The van der Waals surface area contributed by atoms with Crippen LogP contribution < -0.4 is 5.32 Å². The van der Waals surface area contributed by atoms with E-state index >= 15 is 0 Å². The Balaban J connectivity index is 2.01. The minimum atomic E-state index is -4.55. The molecule has 0 saturated carbocycles. The zero-order chi connectivity index (χ0) is 17.9. The van der Waals surface area contributed by atoms with Crippen molar-refractivity contribution in [3.63, 3.8) is 0 Å². The monoisotopic (exact) mass is 344 g/mol. The number of nitro groups is 1. The molecular weight excluding hydrogens is 333 g/mol. The predicted molar refractivity (Wildman–Crippen MR) is 74.1 cm³/mol. The van der Waals surface area contributed by atoms with Crippen LogP contribution in [0.25, 0.3) is 0 Å². The number of hydrogen-bond donors (Lipinski definition) is 2. The van der Waals surface area contributed by atoms with Gasteiger partial charge in [0.1, 0.15) is 4.92 Å². The van der Waals surface area contributed by atoms with Crippen LogP contribution >= 0.6 is 0 Å². The Bertz CT molecular complexity index is 757. The summed E-state index contributed by atoms with van der Waals surface area (Å²) in [7, 11) is 0. The lowest BCUT2D eigenvalue weighted by molar-refractivity contribution is -0.402. The molecule has 1 atom stereocenters. The van der Waals surface area contributed by atoms with Crippen LogP contribution in [0.3, 0.4) is 0 Å². The Morgan fingerprint density at radius 2 is 2.04 bits per heavy atom. The lowest BCUT2D eigenvalue weighted by Crippen LogP contribution is -2.28. The molecule has 2 N–H and O–H groups in total. The molecule has 0 fully saturated rings. The first-order valence-electron chi connectivity index (χ1n) is 6.56. The molecule has 0 radical (unpaired) electrons. The normalized spacial score (nSPS) is 12.7. The number of furan rings is 1. The number of carbonyl (C=O) groups is 1. The van der Waals surface area contributed by atoms with Gasteiger partial charge in [-0.2, -0.15) is 13.2 Å². The van der Waals surface area contributed by atoms with Crippen LogP contribution in [0.4, 0.5) is 19.1 Å². The second-order valence-corrected chi connectivity index (χ2v) is 4.74. The van der Waals surface area contributed by atoms with Gasteiger partial charge in [0.05, 0.1) is 17.7 Å². The number of nitrogens with zero attached hydrogens (tertiary/aromatic N) is 1. The molecule has 2 rings (SSSR count). The summed E-state index contributed by atoms with van der Waals surface area (Å²) in [4.78, 5) is 21.3. The summed E-state index contributed by atoms with van der Waals surface area (Å²) < 4.78 is 42.5. The first-order valence-corrected chi connectivity index (χ1v) is 6.56. The van der Waals surface area contributed by atoms with Gasteiger partial charge >= 0.3 is 12.1 Å². The van der Waals surface area contributed by atoms with Crippen LogP contribution in [0, 0.1) is 10.1 Å². The first kappa shape index (κ1) is 17.5. The van der Waals surface area contributed by atoms with Crippen LogP contribution in [0.2, 0.25) is 0 Å². The van der Waals surface area contributed by atoms with E-state index < -0.39 is 41.1 Å². The molecule has 1 heterocycles. The van der Waals surface area contributed by atoms with E-state index in [4.69, 9.17) is 0 Å². The second-order valence-electron chi connectivity index (χ2n) is 4.74. The third kappa shape index (κ3) is 4.10. The third-order valence-corrected chi connectivity index (χ3v) is 3.05. The summed E-state index contributed by atoms with van der Waals surface area (Å²) in [5.41, 5.74) is -0.956. The fourth-order valence-electron chi connectivity index (χ4n) is 1.86.